The number of hydrogen-bond acceptors (Lipinski definition) is 4. The number of likely N-dealkylation sites (tertiary alicyclic amines) is 2. The van der Waals surface area contributed by atoms with Gasteiger partial charge in [0, 0.05) is 30.3 Å². The molecule has 0 aliphatic carbocycles. The van der Waals surface area contributed by atoms with E-state index in [4.69, 9.17) is 17.3 Å². The van der Waals surface area contributed by atoms with E-state index in [1.54, 1.807) is 48.5 Å². The van der Waals surface area contributed by atoms with Crippen molar-refractivity contribution in [3.8, 4) is 0 Å². The second kappa shape index (κ2) is 10.8. The van der Waals surface area contributed by atoms with Crippen molar-refractivity contribution in [3.63, 3.8) is 0 Å². The van der Waals surface area contributed by atoms with Crippen LogP contribution >= 0.6 is 11.6 Å². The Labute approximate surface area is 208 Å². The van der Waals surface area contributed by atoms with Crippen molar-refractivity contribution in [1.29, 1.82) is 0 Å². The molecular weight excluding hydrogens is 477 g/mol. The number of carbonyl (C=O) groups is 1. The fraction of sp³-hybridized carbons (Fsp3) is 0.385. The molecule has 2 heterocycles. The first-order valence-corrected chi connectivity index (χ1v) is 12.1. The zero-order chi connectivity index (χ0) is 25.0. The second-order valence-corrected chi connectivity index (χ2v) is 9.33. The number of halogens is 4. The quantitative estimate of drug-likeness (QED) is 0.523. The van der Waals surface area contributed by atoms with Crippen molar-refractivity contribution in [2.45, 2.75) is 37.9 Å². The molecule has 9 heteroatoms. The molecule has 5 nitrogen and oxygen atoms in total. The van der Waals surface area contributed by atoms with Crippen LogP contribution < -0.4 is 5.73 Å². The van der Waals surface area contributed by atoms with Crippen LogP contribution in [0.15, 0.2) is 65.3 Å². The lowest BCUT2D eigenvalue weighted by Crippen LogP contribution is -2.42. The predicted octanol–water partition coefficient (Wildman–Crippen LogP) is 5.57. The topological polar surface area (TPSA) is 61.9 Å². The van der Waals surface area contributed by atoms with Gasteiger partial charge in [0.1, 0.15) is 5.70 Å². The summed E-state index contributed by atoms with van der Waals surface area (Å²) in [5, 5.41) is 0.300. The summed E-state index contributed by atoms with van der Waals surface area (Å²) < 4.78 is 39.4. The van der Waals surface area contributed by atoms with Crippen LogP contribution in [-0.4, -0.2) is 59.8 Å². The highest BCUT2D eigenvalue weighted by Gasteiger charge is 2.33. The number of benzene rings is 2. The van der Waals surface area contributed by atoms with Gasteiger partial charge in [0.25, 0.3) is 5.91 Å². The Bertz CT molecular complexity index is 1110. The van der Waals surface area contributed by atoms with E-state index < -0.39 is 11.9 Å². The minimum Gasteiger partial charge on any atom is -0.395 e. The maximum atomic E-state index is 13.2. The smallest absolute Gasteiger partial charge is 0.395 e. The molecule has 0 saturated carbocycles. The van der Waals surface area contributed by atoms with E-state index in [-0.39, 0.29) is 17.7 Å². The highest BCUT2D eigenvalue weighted by atomic mass is 35.5. The molecule has 0 radical (unpaired) electrons. The summed E-state index contributed by atoms with van der Waals surface area (Å²) in [7, 11) is 0. The largest absolute Gasteiger partial charge is 0.430 e. The third-order valence-corrected chi connectivity index (χ3v) is 6.77. The number of alkyl halides is 3. The third kappa shape index (κ3) is 6.24. The number of rotatable bonds is 6. The highest BCUT2D eigenvalue weighted by molar-refractivity contribution is 6.33. The van der Waals surface area contributed by atoms with Gasteiger partial charge in [0.05, 0.1) is 16.4 Å². The maximum Gasteiger partial charge on any atom is 0.430 e. The number of aliphatic imine (C=N–C) groups is 1. The first kappa shape index (κ1) is 25.3. The Morgan fingerprint density at radius 3 is 2.34 bits per heavy atom. The third-order valence-electron chi connectivity index (χ3n) is 6.45. The SMILES string of the molecule is NC(=CC(=Nc1ccccc1Cl)c1ccc(C(=O)N2CCCC2CN2CCCC2)cc1)C(F)(F)F. The molecule has 1 amide bonds. The van der Waals surface area contributed by atoms with E-state index in [1.165, 1.54) is 12.8 Å². The second-order valence-electron chi connectivity index (χ2n) is 8.93. The van der Waals surface area contributed by atoms with Crippen molar-refractivity contribution in [2.75, 3.05) is 26.2 Å². The summed E-state index contributed by atoms with van der Waals surface area (Å²) in [6, 6.07) is 13.2. The molecular formula is C26H28ClF3N4O. The van der Waals surface area contributed by atoms with Gasteiger partial charge in [0.2, 0.25) is 0 Å². The molecule has 4 rings (SSSR count). The average molecular weight is 505 g/mol. The first-order chi connectivity index (χ1) is 16.7. The lowest BCUT2D eigenvalue weighted by molar-refractivity contribution is -0.0925. The molecule has 1 unspecified atom stereocenters. The van der Waals surface area contributed by atoms with Crippen LogP contribution in [0.1, 0.15) is 41.6 Å². The summed E-state index contributed by atoms with van der Waals surface area (Å²) >= 11 is 6.16. The van der Waals surface area contributed by atoms with Crippen LogP contribution in [0.5, 0.6) is 0 Å². The van der Waals surface area contributed by atoms with E-state index in [9.17, 15) is 18.0 Å². The van der Waals surface area contributed by atoms with Crippen LogP contribution in [-0.2, 0) is 0 Å². The molecule has 2 N–H and O–H groups in total. The highest BCUT2D eigenvalue weighted by Crippen LogP contribution is 2.28. The van der Waals surface area contributed by atoms with Crippen molar-refractivity contribution in [1.82, 2.24) is 9.80 Å². The number of carbonyl (C=O) groups excluding carboxylic acids is 1. The van der Waals surface area contributed by atoms with Crippen molar-refractivity contribution in [2.24, 2.45) is 10.7 Å². The van der Waals surface area contributed by atoms with Crippen molar-refractivity contribution < 1.29 is 18.0 Å². The Morgan fingerprint density at radius 2 is 1.69 bits per heavy atom. The number of hydrogen-bond donors (Lipinski definition) is 1. The molecule has 0 aromatic heterocycles. The molecule has 35 heavy (non-hydrogen) atoms. The van der Waals surface area contributed by atoms with Crippen LogP contribution in [0, 0.1) is 0 Å². The van der Waals surface area contributed by atoms with E-state index in [1.807, 2.05) is 4.90 Å². The number of nitrogens with zero attached hydrogens (tertiary/aromatic N) is 3. The first-order valence-electron chi connectivity index (χ1n) is 11.7. The van der Waals surface area contributed by atoms with Crippen molar-refractivity contribution in [3.05, 3.63) is 76.5 Å². The molecule has 1 atom stereocenters. The van der Waals surface area contributed by atoms with Gasteiger partial charge in [-0.25, -0.2) is 4.99 Å². The molecule has 186 valence electrons. The van der Waals surface area contributed by atoms with Gasteiger partial charge in [-0.3, -0.25) is 4.79 Å². The predicted molar refractivity (Wildman–Crippen MR) is 132 cm³/mol. The van der Waals surface area contributed by atoms with E-state index in [2.05, 4.69) is 9.89 Å². The molecule has 2 aromatic carbocycles. The van der Waals surface area contributed by atoms with Crippen LogP contribution in [0.3, 0.4) is 0 Å². The Hall–Kier alpha value is -2.84. The lowest BCUT2D eigenvalue weighted by atomic mass is 10.0. The zero-order valence-electron chi connectivity index (χ0n) is 19.3. The molecule has 2 fully saturated rings. The molecule has 0 spiro atoms. The summed E-state index contributed by atoms with van der Waals surface area (Å²) in [5.74, 6) is -0.0619. The van der Waals surface area contributed by atoms with Gasteiger partial charge in [-0.2, -0.15) is 13.2 Å². The number of nitrogens with two attached hydrogens (primary N) is 1. The van der Waals surface area contributed by atoms with Crippen molar-refractivity contribution >= 4 is 28.9 Å². The van der Waals surface area contributed by atoms with Crippen LogP contribution in [0.25, 0.3) is 0 Å². The fourth-order valence-corrected chi connectivity index (χ4v) is 4.76. The van der Waals surface area contributed by atoms with Gasteiger partial charge in [-0.05, 0) is 69.1 Å². The summed E-state index contributed by atoms with van der Waals surface area (Å²) in [5.41, 5.74) is 5.21. The van der Waals surface area contributed by atoms with Gasteiger partial charge in [0.15, 0.2) is 0 Å². The molecule has 2 aliphatic rings. The average Bonchev–Trinajstić information content (AvgIpc) is 3.51. The van der Waals surface area contributed by atoms with Gasteiger partial charge < -0.3 is 15.5 Å². The Balaban J connectivity index is 1.58. The Morgan fingerprint density at radius 1 is 1.03 bits per heavy atom. The van der Waals surface area contributed by atoms with Crippen LogP contribution in [0.4, 0.5) is 18.9 Å². The summed E-state index contributed by atoms with van der Waals surface area (Å²) in [4.78, 5) is 21.9. The standard InChI is InChI=1S/C26H28ClF3N4O/c27-21-7-1-2-8-22(21)32-23(16-24(31)26(28,29)30)18-9-11-19(12-10-18)25(35)34-15-5-6-20(34)17-33-13-3-4-14-33/h1-2,7-12,16,20H,3-6,13-15,17,31H2. The van der Waals surface area contributed by atoms with E-state index in [0.717, 1.165) is 38.6 Å². The lowest BCUT2D eigenvalue weighted by Gasteiger charge is -2.28. The molecule has 0 bridgehead atoms. The summed E-state index contributed by atoms with van der Waals surface area (Å²) in [6.45, 7) is 3.76. The monoisotopic (exact) mass is 504 g/mol. The van der Waals surface area contributed by atoms with Gasteiger partial charge in [-0.15, -0.1) is 0 Å². The van der Waals surface area contributed by atoms with E-state index >= 15 is 0 Å². The van der Waals surface area contributed by atoms with Gasteiger partial charge >= 0.3 is 6.18 Å². The van der Waals surface area contributed by atoms with Gasteiger partial charge in [-0.1, -0.05) is 35.9 Å². The maximum absolute atomic E-state index is 13.2. The zero-order valence-corrected chi connectivity index (χ0v) is 20.0. The Kier molecular flexibility index (Phi) is 7.82. The minimum atomic E-state index is -4.70. The fourth-order valence-electron chi connectivity index (χ4n) is 4.59. The normalized spacial score (nSPS) is 20.0. The summed E-state index contributed by atoms with van der Waals surface area (Å²) in [6.07, 6.45) is 0.444. The molecule has 2 saturated heterocycles. The number of para-hydroxylation sites is 1. The minimum absolute atomic E-state index is 0.00000594. The number of allylic oxidation sites excluding steroid dienone is 2. The van der Waals surface area contributed by atoms with E-state index in [0.29, 0.717) is 28.4 Å². The molecule has 2 aliphatic heterocycles. The van der Waals surface area contributed by atoms with Crippen LogP contribution in [0.2, 0.25) is 5.02 Å². The number of amides is 1. The molecule has 2 aromatic rings.